The Labute approximate surface area is 101 Å². The van der Waals surface area contributed by atoms with Gasteiger partial charge in [0.15, 0.2) is 15.4 Å². The molecule has 17 heavy (non-hydrogen) atoms. The van der Waals surface area contributed by atoms with Gasteiger partial charge in [-0.25, -0.2) is 13.2 Å². The molecule has 1 fully saturated rings. The van der Waals surface area contributed by atoms with E-state index in [0.29, 0.717) is 13.0 Å². The lowest BCUT2D eigenvalue weighted by Crippen LogP contribution is -2.46. The van der Waals surface area contributed by atoms with Crippen molar-refractivity contribution in [2.75, 3.05) is 31.7 Å². The fraction of sp³-hybridized carbons (Fsp3) is 0.900. The first-order chi connectivity index (χ1) is 7.77. The van der Waals surface area contributed by atoms with E-state index >= 15 is 0 Å². The monoisotopic (exact) mass is 265 g/mol. The van der Waals surface area contributed by atoms with E-state index in [4.69, 9.17) is 0 Å². The van der Waals surface area contributed by atoms with Gasteiger partial charge >= 0.3 is 5.97 Å². The standard InChI is InChI=1S/C10H19NO5S/c1-10(13,9(12)16-2)7-11-5-8-3-4-17(14,15)6-8/h8,11,13H,3-7H2,1-2H3. The van der Waals surface area contributed by atoms with Crippen LogP contribution in [0.2, 0.25) is 0 Å². The number of ether oxygens (including phenoxy) is 1. The van der Waals surface area contributed by atoms with Gasteiger partial charge < -0.3 is 15.2 Å². The smallest absolute Gasteiger partial charge is 0.338 e. The Hall–Kier alpha value is -0.660. The minimum absolute atomic E-state index is 0.0518. The molecule has 2 N–H and O–H groups in total. The van der Waals surface area contributed by atoms with Gasteiger partial charge in [0.2, 0.25) is 0 Å². The number of nitrogens with one attached hydrogen (secondary N) is 1. The summed E-state index contributed by atoms with van der Waals surface area (Å²) in [5, 5.41) is 12.6. The van der Waals surface area contributed by atoms with Gasteiger partial charge in [0, 0.05) is 6.54 Å². The van der Waals surface area contributed by atoms with Crippen LogP contribution in [0.15, 0.2) is 0 Å². The molecule has 2 atom stereocenters. The van der Waals surface area contributed by atoms with Crippen LogP contribution in [0.25, 0.3) is 0 Å². The van der Waals surface area contributed by atoms with Crippen molar-refractivity contribution in [2.24, 2.45) is 5.92 Å². The molecule has 2 unspecified atom stereocenters. The molecule has 0 amide bonds. The molecule has 1 rings (SSSR count). The van der Waals surface area contributed by atoms with Gasteiger partial charge in [-0.15, -0.1) is 0 Å². The van der Waals surface area contributed by atoms with Crippen LogP contribution in [-0.4, -0.2) is 56.8 Å². The number of methoxy groups -OCH3 is 1. The van der Waals surface area contributed by atoms with Crippen LogP contribution in [0.3, 0.4) is 0 Å². The van der Waals surface area contributed by atoms with E-state index in [1.54, 1.807) is 0 Å². The lowest BCUT2D eigenvalue weighted by Gasteiger charge is -2.21. The molecule has 1 saturated heterocycles. The Morgan fingerprint density at radius 1 is 1.59 bits per heavy atom. The Balaban J connectivity index is 2.31. The summed E-state index contributed by atoms with van der Waals surface area (Å²) in [7, 11) is -1.67. The minimum atomic E-state index is -2.88. The van der Waals surface area contributed by atoms with Crippen LogP contribution in [-0.2, 0) is 19.4 Å². The molecule has 0 aliphatic carbocycles. The molecule has 0 aromatic carbocycles. The Kier molecular flexibility index (Phi) is 4.51. The number of hydrogen-bond acceptors (Lipinski definition) is 6. The van der Waals surface area contributed by atoms with Crippen LogP contribution in [0, 0.1) is 5.92 Å². The fourth-order valence-corrected chi connectivity index (χ4v) is 3.71. The average Bonchev–Trinajstić information content (AvgIpc) is 2.56. The molecule has 0 spiro atoms. The highest BCUT2D eigenvalue weighted by molar-refractivity contribution is 7.91. The zero-order valence-electron chi connectivity index (χ0n) is 10.1. The third-order valence-corrected chi connectivity index (χ3v) is 4.69. The SMILES string of the molecule is COC(=O)C(C)(O)CNCC1CCS(=O)(=O)C1. The van der Waals surface area contributed by atoms with Crippen LogP contribution in [0.4, 0.5) is 0 Å². The van der Waals surface area contributed by atoms with Crippen molar-refractivity contribution in [3.63, 3.8) is 0 Å². The number of rotatable bonds is 5. The maximum atomic E-state index is 11.2. The molecule has 0 aromatic rings. The number of sulfone groups is 1. The summed E-state index contributed by atoms with van der Waals surface area (Å²) in [6.07, 6.45) is 0.635. The van der Waals surface area contributed by atoms with E-state index in [2.05, 4.69) is 10.1 Å². The number of carbonyl (C=O) groups excluding carboxylic acids is 1. The van der Waals surface area contributed by atoms with Crippen molar-refractivity contribution < 1.29 is 23.1 Å². The summed E-state index contributed by atoms with van der Waals surface area (Å²) in [6.45, 7) is 1.89. The molecule has 7 heteroatoms. The van der Waals surface area contributed by atoms with E-state index in [1.807, 2.05) is 0 Å². The lowest BCUT2D eigenvalue weighted by molar-refractivity contribution is -0.159. The number of carbonyl (C=O) groups is 1. The van der Waals surface area contributed by atoms with Gasteiger partial charge in [-0.05, 0) is 25.8 Å². The van der Waals surface area contributed by atoms with Crippen molar-refractivity contribution >= 4 is 15.8 Å². The van der Waals surface area contributed by atoms with Crippen LogP contribution in [0.5, 0.6) is 0 Å². The maximum Gasteiger partial charge on any atom is 0.338 e. The third kappa shape index (κ3) is 4.25. The lowest BCUT2D eigenvalue weighted by atomic mass is 10.1. The number of aliphatic hydroxyl groups is 1. The highest BCUT2D eigenvalue weighted by atomic mass is 32.2. The molecule has 0 saturated carbocycles. The fourth-order valence-electron chi connectivity index (χ4n) is 1.84. The molecule has 0 aromatic heterocycles. The van der Waals surface area contributed by atoms with Crippen LogP contribution in [0.1, 0.15) is 13.3 Å². The maximum absolute atomic E-state index is 11.2. The molecule has 6 nitrogen and oxygen atoms in total. The largest absolute Gasteiger partial charge is 0.467 e. The second-order valence-electron chi connectivity index (χ2n) is 4.67. The third-order valence-electron chi connectivity index (χ3n) is 2.85. The first kappa shape index (κ1) is 14.4. The van der Waals surface area contributed by atoms with Gasteiger partial charge in [0.05, 0.1) is 18.6 Å². The van der Waals surface area contributed by atoms with E-state index in [-0.39, 0.29) is 24.0 Å². The highest BCUT2D eigenvalue weighted by Crippen LogP contribution is 2.17. The van der Waals surface area contributed by atoms with Gasteiger partial charge in [-0.2, -0.15) is 0 Å². The van der Waals surface area contributed by atoms with Crippen LogP contribution >= 0.6 is 0 Å². The first-order valence-electron chi connectivity index (χ1n) is 5.49. The normalized spacial score (nSPS) is 26.4. The highest BCUT2D eigenvalue weighted by Gasteiger charge is 2.32. The van der Waals surface area contributed by atoms with Crippen molar-refractivity contribution in [2.45, 2.75) is 18.9 Å². The molecular formula is C10H19NO5S. The average molecular weight is 265 g/mol. The van der Waals surface area contributed by atoms with E-state index in [0.717, 1.165) is 0 Å². The molecule has 1 aliphatic rings. The van der Waals surface area contributed by atoms with Crippen molar-refractivity contribution in [1.29, 1.82) is 0 Å². The van der Waals surface area contributed by atoms with E-state index in [1.165, 1.54) is 14.0 Å². The predicted octanol–water partition coefficient (Wildman–Crippen LogP) is -1.07. The second-order valence-corrected chi connectivity index (χ2v) is 6.89. The van der Waals surface area contributed by atoms with Crippen LogP contribution < -0.4 is 5.32 Å². The number of esters is 1. The quantitative estimate of drug-likeness (QED) is 0.615. The van der Waals surface area contributed by atoms with Gasteiger partial charge in [0.25, 0.3) is 0 Å². The van der Waals surface area contributed by atoms with Gasteiger partial charge in [-0.3, -0.25) is 0 Å². The molecular weight excluding hydrogens is 246 g/mol. The first-order valence-corrected chi connectivity index (χ1v) is 7.31. The Morgan fingerprint density at radius 2 is 2.24 bits per heavy atom. The van der Waals surface area contributed by atoms with E-state index in [9.17, 15) is 18.3 Å². The summed E-state index contributed by atoms with van der Waals surface area (Å²) >= 11 is 0. The van der Waals surface area contributed by atoms with Crippen molar-refractivity contribution in [3.8, 4) is 0 Å². The molecule has 0 radical (unpaired) electrons. The molecule has 0 bridgehead atoms. The zero-order chi connectivity index (χ0) is 13.1. The summed E-state index contributed by atoms with van der Waals surface area (Å²) in [4.78, 5) is 11.2. The van der Waals surface area contributed by atoms with Crippen molar-refractivity contribution in [1.82, 2.24) is 5.32 Å². The summed E-state index contributed by atoms with van der Waals surface area (Å²) in [5.41, 5.74) is -1.58. The summed E-state index contributed by atoms with van der Waals surface area (Å²) in [6, 6.07) is 0. The Morgan fingerprint density at radius 3 is 2.71 bits per heavy atom. The molecule has 1 heterocycles. The second kappa shape index (κ2) is 5.32. The topological polar surface area (TPSA) is 92.7 Å². The summed E-state index contributed by atoms with van der Waals surface area (Å²) < 4.78 is 26.9. The van der Waals surface area contributed by atoms with Gasteiger partial charge in [-0.1, -0.05) is 0 Å². The molecule has 1 aliphatic heterocycles. The zero-order valence-corrected chi connectivity index (χ0v) is 10.9. The number of hydrogen-bond donors (Lipinski definition) is 2. The van der Waals surface area contributed by atoms with E-state index < -0.39 is 21.4 Å². The predicted molar refractivity (Wildman–Crippen MR) is 62.3 cm³/mol. The minimum Gasteiger partial charge on any atom is -0.467 e. The Bertz CT molecular complexity index is 376. The van der Waals surface area contributed by atoms with Gasteiger partial charge in [0.1, 0.15) is 0 Å². The molecule has 100 valence electrons. The van der Waals surface area contributed by atoms with Crippen molar-refractivity contribution in [3.05, 3.63) is 0 Å². The summed E-state index contributed by atoms with van der Waals surface area (Å²) in [5.74, 6) is -0.231.